The number of aliphatic hydroxyl groups excluding tert-OH is 1. The SMILES string of the molecule is CCOc1cc(CNCC(O)c2ccccc2)c(Br)cc1OCc1ccc(Cl)cc1. The van der Waals surface area contributed by atoms with Crippen LogP contribution in [0.5, 0.6) is 11.5 Å². The summed E-state index contributed by atoms with van der Waals surface area (Å²) in [6.07, 6.45) is -0.557. The van der Waals surface area contributed by atoms with Crippen molar-refractivity contribution in [2.75, 3.05) is 13.2 Å². The fourth-order valence-electron chi connectivity index (χ4n) is 2.97. The zero-order valence-electron chi connectivity index (χ0n) is 16.8. The Labute approximate surface area is 190 Å². The molecule has 2 N–H and O–H groups in total. The molecule has 0 amide bonds. The molecule has 3 aromatic carbocycles. The van der Waals surface area contributed by atoms with Gasteiger partial charge in [-0.3, -0.25) is 0 Å². The van der Waals surface area contributed by atoms with E-state index in [1.54, 1.807) is 0 Å². The molecule has 30 heavy (non-hydrogen) atoms. The third-order valence-electron chi connectivity index (χ3n) is 4.56. The van der Waals surface area contributed by atoms with Gasteiger partial charge in [-0.05, 0) is 47.9 Å². The Bertz CT molecular complexity index is 935. The average Bonchev–Trinajstić information content (AvgIpc) is 2.76. The van der Waals surface area contributed by atoms with Crippen molar-refractivity contribution in [2.24, 2.45) is 0 Å². The van der Waals surface area contributed by atoms with Gasteiger partial charge >= 0.3 is 0 Å². The molecule has 0 saturated heterocycles. The van der Waals surface area contributed by atoms with E-state index in [9.17, 15) is 5.11 Å². The van der Waals surface area contributed by atoms with E-state index in [2.05, 4.69) is 21.2 Å². The minimum atomic E-state index is -0.557. The second-order valence-electron chi connectivity index (χ2n) is 6.80. The Morgan fingerprint density at radius 2 is 1.70 bits per heavy atom. The lowest BCUT2D eigenvalue weighted by molar-refractivity contribution is 0.174. The van der Waals surface area contributed by atoms with E-state index in [1.165, 1.54) is 0 Å². The van der Waals surface area contributed by atoms with Crippen LogP contribution < -0.4 is 14.8 Å². The first-order chi connectivity index (χ1) is 14.6. The molecule has 0 aliphatic rings. The molecule has 0 aromatic heterocycles. The van der Waals surface area contributed by atoms with Crippen molar-refractivity contribution in [2.45, 2.75) is 26.2 Å². The molecular formula is C24H25BrClNO3. The molecule has 0 spiro atoms. The number of hydrogen-bond donors (Lipinski definition) is 2. The summed E-state index contributed by atoms with van der Waals surface area (Å²) in [6, 6.07) is 21.1. The van der Waals surface area contributed by atoms with Gasteiger partial charge in [0.25, 0.3) is 0 Å². The second-order valence-corrected chi connectivity index (χ2v) is 8.09. The molecule has 0 radical (unpaired) electrons. The Kier molecular flexibility index (Phi) is 8.58. The van der Waals surface area contributed by atoms with Crippen LogP contribution in [0.25, 0.3) is 0 Å². The number of benzene rings is 3. The smallest absolute Gasteiger partial charge is 0.162 e. The second kappa shape index (κ2) is 11.4. The highest BCUT2D eigenvalue weighted by molar-refractivity contribution is 9.10. The minimum Gasteiger partial charge on any atom is -0.490 e. The van der Waals surface area contributed by atoms with E-state index in [0.717, 1.165) is 21.2 Å². The summed E-state index contributed by atoms with van der Waals surface area (Å²) in [6.45, 7) is 3.94. The molecular weight excluding hydrogens is 466 g/mol. The Morgan fingerprint density at radius 1 is 1.00 bits per heavy atom. The van der Waals surface area contributed by atoms with Crippen molar-refractivity contribution in [3.05, 3.63) is 92.9 Å². The van der Waals surface area contributed by atoms with Crippen LogP contribution >= 0.6 is 27.5 Å². The normalized spacial score (nSPS) is 11.9. The zero-order valence-corrected chi connectivity index (χ0v) is 19.1. The predicted molar refractivity (Wildman–Crippen MR) is 124 cm³/mol. The van der Waals surface area contributed by atoms with Crippen LogP contribution in [0.15, 0.2) is 71.2 Å². The lowest BCUT2D eigenvalue weighted by Crippen LogP contribution is -2.21. The first kappa shape index (κ1) is 22.6. The molecule has 0 aliphatic carbocycles. The number of nitrogens with one attached hydrogen (secondary N) is 1. The van der Waals surface area contributed by atoms with Crippen molar-refractivity contribution >= 4 is 27.5 Å². The van der Waals surface area contributed by atoms with Crippen molar-refractivity contribution in [3.8, 4) is 11.5 Å². The Hall–Kier alpha value is -2.05. The topological polar surface area (TPSA) is 50.7 Å². The van der Waals surface area contributed by atoms with Crippen molar-refractivity contribution in [1.82, 2.24) is 5.32 Å². The van der Waals surface area contributed by atoms with Gasteiger partial charge in [-0.2, -0.15) is 0 Å². The van der Waals surface area contributed by atoms with E-state index in [1.807, 2.05) is 73.7 Å². The van der Waals surface area contributed by atoms with Crippen LogP contribution in [0, 0.1) is 0 Å². The maximum Gasteiger partial charge on any atom is 0.162 e. The highest BCUT2D eigenvalue weighted by Gasteiger charge is 2.12. The summed E-state index contributed by atoms with van der Waals surface area (Å²) < 4.78 is 12.7. The van der Waals surface area contributed by atoms with Crippen LogP contribution in [0.2, 0.25) is 5.02 Å². The molecule has 0 fully saturated rings. The molecule has 3 rings (SSSR count). The quantitative estimate of drug-likeness (QED) is 0.371. The van der Waals surface area contributed by atoms with Gasteiger partial charge < -0.3 is 19.9 Å². The van der Waals surface area contributed by atoms with Gasteiger partial charge in [0.15, 0.2) is 11.5 Å². The van der Waals surface area contributed by atoms with Crippen molar-refractivity contribution < 1.29 is 14.6 Å². The maximum atomic E-state index is 10.3. The standard InChI is InChI=1S/C24H25BrClNO3/c1-2-29-23-12-19(14-27-15-22(28)18-6-4-3-5-7-18)21(25)13-24(23)30-16-17-8-10-20(26)11-9-17/h3-13,22,27-28H,2,14-16H2,1H3. The lowest BCUT2D eigenvalue weighted by Gasteiger charge is -2.16. The molecule has 0 saturated carbocycles. The van der Waals surface area contributed by atoms with Gasteiger partial charge in [-0.25, -0.2) is 0 Å². The van der Waals surface area contributed by atoms with E-state index < -0.39 is 6.10 Å². The monoisotopic (exact) mass is 489 g/mol. The third kappa shape index (κ3) is 6.47. The van der Waals surface area contributed by atoms with E-state index in [4.69, 9.17) is 21.1 Å². The molecule has 4 nitrogen and oxygen atoms in total. The number of halogens is 2. The summed E-state index contributed by atoms with van der Waals surface area (Å²) in [5.41, 5.74) is 2.95. The summed E-state index contributed by atoms with van der Waals surface area (Å²) in [5, 5.41) is 14.3. The summed E-state index contributed by atoms with van der Waals surface area (Å²) >= 11 is 9.57. The molecule has 3 aromatic rings. The molecule has 0 heterocycles. The zero-order chi connectivity index (χ0) is 21.3. The Balaban J connectivity index is 1.63. The van der Waals surface area contributed by atoms with Crippen molar-refractivity contribution in [3.63, 3.8) is 0 Å². The lowest BCUT2D eigenvalue weighted by atomic mass is 10.1. The number of aliphatic hydroxyl groups is 1. The first-order valence-electron chi connectivity index (χ1n) is 9.83. The molecule has 0 aliphatic heterocycles. The van der Waals surface area contributed by atoms with E-state index >= 15 is 0 Å². The fraction of sp³-hybridized carbons (Fsp3) is 0.250. The van der Waals surface area contributed by atoms with Crippen LogP contribution in [0.1, 0.15) is 29.7 Å². The maximum absolute atomic E-state index is 10.3. The van der Waals surface area contributed by atoms with Crippen LogP contribution in [-0.4, -0.2) is 18.3 Å². The molecule has 1 unspecified atom stereocenters. The number of ether oxygens (including phenoxy) is 2. The molecule has 158 valence electrons. The number of hydrogen-bond acceptors (Lipinski definition) is 4. The average molecular weight is 491 g/mol. The van der Waals surface area contributed by atoms with E-state index in [-0.39, 0.29) is 0 Å². The molecule has 1 atom stereocenters. The van der Waals surface area contributed by atoms with Crippen molar-refractivity contribution in [1.29, 1.82) is 0 Å². The fourth-order valence-corrected chi connectivity index (χ4v) is 3.56. The summed E-state index contributed by atoms with van der Waals surface area (Å²) in [4.78, 5) is 0. The first-order valence-corrected chi connectivity index (χ1v) is 11.0. The largest absolute Gasteiger partial charge is 0.490 e. The van der Waals surface area contributed by atoms with Gasteiger partial charge in [0.2, 0.25) is 0 Å². The van der Waals surface area contributed by atoms with Crippen LogP contribution in [-0.2, 0) is 13.2 Å². The molecule has 6 heteroatoms. The highest BCUT2D eigenvalue weighted by Crippen LogP contribution is 2.34. The highest BCUT2D eigenvalue weighted by atomic mass is 79.9. The van der Waals surface area contributed by atoms with Gasteiger partial charge in [-0.15, -0.1) is 0 Å². The summed E-state index contributed by atoms with van der Waals surface area (Å²) in [5.74, 6) is 1.36. The predicted octanol–water partition coefficient (Wildman–Crippen LogP) is 5.90. The third-order valence-corrected chi connectivity index (χ3v) is 5.55. The van der Waals surface area contributed by atoms with Crippen LogP contribution in [0.4, 0.5) is 0 Å². The Morgan fingerprint density at radius 3 is 2.40 bits per heavy atom. The van der Waals surface area contributed by atoms with Gasteiger partial charge in [0.05, 0.1) is 12.7 Å². The molecule has 0 bridgehead atoms. The minimum absolute atomic E-state index is 0.421. The van der Waals surface area contributed by atoms with Gasteiger partial charge in [0.1, 0.15) is 6.61 Å². The van der Waals surface area contributed by atoms with Gasteiger partial charge in [0, 0.05) is 22.6 Å². The summed E-state index contributed by atoms with van der Waals surface area (Å²) in [7, 11) is 0. The van der Waals surface area contributed by atoms with E-state index in [0.29, 0.717) is 42.8 Å². The van der Waals surface area contributed by atoms with Gasteiger partial charge in [-0.1, -0.05) is 70.0 Å². The number of rotatable bonds is 10. The van der Waals surface area contributed by atoms with Crippen LogP contribution in [0.3, 0.4) is 0 Å².